The lowest BCUT2D eigenvalue weighted by Gasteiger charge is -2.15. The SMILES string of the molecule is Cc1ccc(S(=O)(=O)O)cc1C(F)(F)CF. The summed E-state index contributed by atoms with van der Waals surface area (Å²) in [6, 6.07) is 2.63. The van der Waals surface area contributed by atoms with Gasteiger partial charge in [-0.05, 0) is 24.6 Å². The van der Waals surface area contributed by atoms with Gasteiger partial charge >= 0.3 is 5.92 Å². The summed E-state index contributed by atoms with van der Waals surface area (Å²) < 4.78 is 68.4. The van der Waals surface area contributed by atoms with Gasteiger partial charge < -0.3 is 0 Å². The summed E-state index contributed by atoms with van der Waals surface area (Å²) >= 11 is 0. The maximum Gasteiger partial charge on any atom is 0.301 e. The van der Waals surface area contributed by atoms with E-state index in [2.05, 4.69) is 0 Å². The number of benzene rings is 1. The molecule has 0 unspecified atom stereocenters. The van der Waals surface area contributed by atoms with Crippen molar-refractivity contribution in [2.24, 2.45) is 0 Å². The van der Waals surface area contributed by atoms with Crippen LogP contribution in [0.3, 0.4) is 0 Å². The lowest BCUT2D eigenvalue weighted by molar-refractivity contribution is -0.0288. The molecule has 0 aliphatic heterocycles. The van der Waals surface area contributed by atoms with E-state index in [0.717, 1.165) is 12.1 Å². The van der Waals surface area contributed by atoms with E-state index in [0.29, 0.717) is 6.07 Å². The van der Waals surface area contributed by atoms with E-state index >= 15 is 0 Å². The Bertz CT molecular complexity index is 497. The number of halogens is 3. The van der Waals surface area contributed by atoms with Crippen LogP contribution in [0.15, 0.2) is 23.1 Å². The molecular formula is C9H9F3O3S. The van der Waals surface area contributed by atoms with Crippen molar-refractivity contribution >= 4 is 10.1 Å². The molecule has 1 N–H and O–H groups in total. The largest absolute Gasteiger partial charge is 0.301 e. The van der Waals surface area contributed by atoms with Crippen LogP contribution in [0.4, 0.5) is 13.2 Å². The molecule has 0 bridgehead atoms. The molecule has 0 saturated heterocycles. The fourth-order valence-electron chi connectivity index (χ4n) is 1.23. The van der Waals surface area contributed by atoms with Crippen LogP contribution in [-0.4, -0.2) is 19.6 Å². The van der Waals surface area contributed by atoms with Crippen molar-refractivity contribution < 1.29 is 26.1 Å². The Hall–Kier alpha value is -1.08. The molecule has 0 heterocycles. The summed E-state index contributed by atoms with van der Waals surface area (Å²) in [7, 11) is -4.57. The molecule has 7 heteroatoms. The molecule has 0 spiro atoms. The van der Waals surface area contributed by atoms with Crippen molar-refractivity contribution in [1.82, 2.24) is 0 Å². The van der Waals surface area contributed by atoms with Crippen LogP contribution < -0.4 is 0 Å². The molecule has 0 amide bonds. The second-order valence-corrected chi connectivity index (χ2v) is 4.71. The summed E-state index contributed by atoms with van der Waals surface area (Å²) in [6.45, 7) is -0.630. The third kappa shape index (κ3) is 2.53. The Kier molecular flexibility index (Phi) is 3.30. The van der Waals surface area contributed by atoms with Crippen LogP contribution in [0.1, 0.15) is 11.1 Å². The maximum absolute atomic E-state index is 13.1. The molecule has 0 fully saturated rings. The van der Waals surface area contributed by atoms with E-state index in [1.54, 1.807) is 0 Å². The Morgan fingerprint density at radius 2 is 1.94 bits per heavy atom. The number of hydrogen-bond acceptors (Lipinski definition) is 2. The van der Waals surface area contributed by atoms with E-state index in [1.165, 1.54) is 6.92 Å². The fraction of sp³-hybridized carbons (Fsp3) is 0.333. The predicted octanol–water partition coefficient (Wildman–Crippen LogP) is 2.30. The van der Waals surface area contributed by atoms with Gasteiger partial charge in [0.2, 0.25) is 0 Å². The van der Waals surface area contributed by atoms with Crippen molar-refractivity contribution in [3.63, 3.8) is 0 Å². The highest BCUT2D eigenvalue weighted by Gasteiger charge is 2.34. The molecule has 0 aliphatic rings. The third-order valence-corrected chi connectivity index (χ3v) is 2.92. The molecule has 16 heavy (non-hydrogen) atoms. The molecule has 0 aliphatic carbocycles. The quantitative estimate of drug-likeness (QED) is 0.842. The Labute approximate surface area is 90.7 Å². The topological polar surface area (TPSA) is 54.4 Å². The zero-order chi connectivity index (χ0) is 12.6. The fourth-order valence-corrected chi connectivity index (χ4v) is 1.73. The van der Waals surface area contributed by atoms with Gasteiger partial charge in [0, 0.05) is 5.56 Å². The van der Waals surface area contributed by atoms with E-state index in [1.807, 2.05) is 0 Å². The Balaban J connectivity index is 3.42. The molecule has 1 aromatic rings. The summed E-state index contributed by atoms with van der Waals surface area (Å²) in [6.07, 6.45) is 0. The highest BCUT2D eigenvalue weighted by Crippen LogP contribution is 2.32. The van der Waals surface area contributed by atoms with Crippen LogP contribution in [0.25, 0.3) is 0 Å². The minimum atomic E-state index is -4.57. The summed E-state index contributed by atoms with van der Waals surface area (Å²) in [4.78, 5) is -0.679. The normalized spacial score (nSPS) is 12.8. The number of alkyl halides is 3. The molecular weight excluding hydrogens is 245 g/mol. The molecule has 0 radical (unpaired) electrons. The second kappa shape index (κ2) is 4.06. The first-order valence-electron chi connectivity index (χ1n) is 4.21. The molecule has 90 valence electrons. The smallest absolute Gasteiger partial charge is 0.282 e. The van der Waals surface area contributed by atoms with Crippen LogP contribution >= 0.6 is 0 Å². The zero-order valence-corrected chi connectivity index (χ0v) is 9.06. The molecule has 3 nitrogen and oxygen atoms in total. The van der Waals surface area contributed by atoms with E-state index < -0.39 is 33.2 Å². The van der Waals surface area contributed by atoms with Gasteiger partial charge in [0.05, 0.1) is 4.90 Å². The van der Waals surface area contributed by atoms with Crippen molar-refractivity contribution in [2.45, 2.75) is 17.7 Å². The average Bonchev–Trinajstić information content (AvgIpc) is 2.16. The third-order valence-electron chi connectivity index (χ3n) is 2.07. The predicted molar refractivity (Wildman–Crippen MR) is 50.9 cm³/mol. The van der Waals surface area contributed by atoms with Crippen molar-refractivity contribution in [3.05, 3.63) is 29.3 Å². The molecule has 0 aromatic heterocycles. The van der Waals surface area contributed by atoms with E-state index in [9.17, 15) is 21.6 Å². The highest BCUT2D eigenvalue weighted by atomic mass is 32.2. The van der Waals surface area contributed by atoms with Gasteiger partial charge in [-0.15, -0.1) is 0 Å². The Morgan fingerprint density at radius 3 is 2.38 bits per heavy atom. The number of hydrogen-bond donors (Lipinski definition) is 1. The van der Waals surface area contributed by atoms with Gasteiger partial charge in [-0.1, -0.05) is 6.07 Å². The maximum atomic E-state index is 13.1. The van der Waals surface area contributed by atoms with Gasteiger partial charge in [-0.2, -0.15) is 17.2 Å². The first-order valence-corrected chi connectivity index (χ1v) is 5.65. The first kappa shape index (κ1) is 13.0. The summed E-state index contributed by atoms with van der Waals surface area (Å²) in [5.41, 5.74) is -0.694. The minimum absolute atomic E-state index is 0.0510. The van der Waals surface area contributed by atoms with Gasteiger partial charge in [0.25, 0.3) is 10.1 Å². The second-order valence-electron chi connectivity index (χ2n) is 3.29. The average molecular weight is 254 g/mol. The van der Waals surface area contributed by atoms with Gasteiger partial charge in [-0.25, -0.2) is 4.39 Å². The van der Waals surface area contributed by atoms with Crippen LogP contribution in [0.5, 0.6) is 0 Å². The number of aryl methyl sites for hydroxylation is 1. The standard InChI is InChI=1S/C9H9F3O3S/c1-6-2-3-7(16(13,14)15)4-8(6)9(11,12)5-10/h2-4H,5H2,1H3,(H,13,14,15). The lowest BCUT2D eigenvalue weighted by Crippen LogP contribution is -2.18. The van der Waals surface area contributed by atoms with E-state index in [4.69, 9.17) is 4.55 Å². The van der Waals surface area contributed by atoms with Crippen LogP contribution in [-0.2, 0) is 16.0 Å². The van der Waals surface area contributed by atoms with Crippen LogP contribution in [0.2, 0.25) is 0 Å². The number of rotatable bonds is 3. The lowest BCUT2D eigenvalue weighted by atomic mass is 10.0. The molecule has 1 rings (SSSR count). The van der Waals surface area contributed by atoms with Gasteiger partial charge in [0.1, 0.15) is 0 Å². The van der Waals surface area contributed by atoms with Gasteiger partial charge in [0.15, 0.2) is 6.67 Å². The van der Waals surface area contributed by atoms with Crippen molar-refractivity contribution in [1.29, 1.82) is 0 Å². The van der Waals surface area contributed by atoms with Crippen molar-refractivity contribution in [2.75, 3.05) is 6.67 Å². The first-order chi connectivity index (χ1) is 7.18. The summed E-state index contributed by atoms with van der Waals surface area (Å²) in [5, 5.41) is 0. The molecule has 0 atom stereocenters. The Morgan fingerprint density at radius 1 is 1.38 bits per heavy atom. The van der Waals surface area contributed by atoms with Crippen molar-refractivity contribution in [3.8, 4) is 0 Å². The minimum Gasteiger partial charge on any atom is -0.282 e. The highest BCUT2D eigenvalue weighted by molar-refractivity contribution is 7.85. The molecule has 1 aromatic carbocycles. The summed E-state index contributed by atoms with van der Waals surface area (Å²) in [5.74, 6) is -3.76. The monoisotopic (exact) mass is 254 g/mol. The molecule has 0 saturated carbocycles. The van der Waals surface area contributed by atoms with E-state index in [-0.39, 0.29) is 5.56 Å². The van der Waals surface area contributed by atoms with Crippen LogP contribution in [0, 0.1) is 6.92 Å². The zero-order valence-electron chi connectivity index (χ0n) is 8.25. The van der Waals surface area contributed by atoms with Gasteiger partial charge in [-0.3, -0.25) is 4.55 Å².